The van der Waals surface area contributed by atoms with Crippen LogP contribution >= 0.6 is 0 Å². The lowest BCUT2D eigenvalue weighted by atomic mass is 9.86. The standard InChI is InChI=1S/C21H26N2O/c1-21(2,3)18-9-7-17(8-10-18)20(24)23-14-11-16(12-15-23)19-6-4-5-13-22-19/h4-10,13,16H,11-12,14-15H2,1-3H3. The van der Waals surface area contributed by atoms with Gasteiger partial charge in [-0.3, -0.25) is 9.78 Å². The van der Waals surface area contributed by atoms with E-state index in [1.807, 2.05) is 35.4 Å². The van der Waals surface area contributed by atoms with Gasteiger partial charge in [0.2, 0.25) is 0 Å². The highest BCUT2D eigenvalue weighted by Gasteiger charge is 2.25. The average molecular weight is 322 g/mol. The lowest BCUT2D eigenvalue weighted by Gasteiger charge is -2.32. The zero-order chi connectivity index (χ0) is 17.2. The van der Waals surface area contributed by atoms with Crippen LogP contribution in [-0.4, -0.2) is 28.9 Å². The third kappa shape index (κ3) is 3.66. The van der Waals surface area contributed by atoms with Gasteiger partial charge in [0.15, 0.2) is 0 Å². The van der Waals surface area contributed by atoms with Gasteiger partial charge in [0, 0.05) is 36.5 Å². The van der Waals surface area contributed by atoms with Gasteiger partial charge in [0.05, 0.1) is 0 Å². The minimum absolute atomic E-state index is 0.114. The maximum atomic E-state index is 12.7. The van der Waals surface area contributed by atoms with Crippen LogP contribution in [-0.2, 0) is 5.41 Å². The number of nitrogens with zero attached hydrogens (tertiary/aromatic N) is 2. The molecule has 1 aliphatic heterocycles. The fourth-order valence-electron chi connectivity index (χ4n) is 3.29. The molecule has 1 aliphatic rings. The Balaban J connectivity index is 1.63. The number of aromatic nitrogens is 1. The minimum atomic E-state index is 0.114. The van der Waals surface area contributed by atoms with E-state index in [0.29, 0.717) is 5.92 Å². The van der Waals surface area contributed by atoms with Crippen molar-refractivity contribution in [2.24, 2.45) is 0 Å². The number of likely N-dealkylation sites (tertiary alicyclic amines) is 1. The average Bonchev–Trinajstić information content (AvgIpc) is 2.61. The molecular weight excluding hydrogens is 296 g/mol. The number of hydrogen-bond acceptors (Lipinski definition) is 2. The summed E-state index contributed by atoms with van der Waals surface area (Å²) in [4.78, 5) is 19.2. The zero-order valence-electron chi connectivity index (χ0n) is 14.8. The molecule has 1 fully saturated rings. The Morgan fingerprint density at radius 1 is 1.04 bits per heavy atom. The summed E-state index contributed by atoms with van der Waals surface area (Å²) in [5, 5.41) is 0. The minimum Gasteiger partial charge on any atom is -0.339 e. The number of amides is 1. The lowest BCUT2D eigenvalue weighted by molar-refractivity contribution is 0.0712. The lowest BCUT2D eigenvalue weighted by Crippen LogP contribution is -2.38. The molecule has 1 saturated heterocycles. The first kappa shape index (κ1) is 16.7. The van der Waals surface area contributed by atoms with Crippen molar-refractivity contribution in [2.45, 2.75) is 44.9 Å². The van der Waals surface area contributed by atoms with Crippen molar-refractivity contribution in [2.75, 3.05) is 13.1 Å². The Labute approximate surface area is 144 Å². The molecule has 2 aromatic rings. The summed E-state index contributed by atoms with van der Waals surface area (Å²) >= 11 is 0. The molecular formula is C21H26N2O. The summed E-state index contributed by atoms with van der Waals surface area (Å²) < 4.78 is 0. The van der Waals surface area contributed by atoms with Crippen LogP contribution < -0.4 is 0 Å². The Bertz CT molecular complexity index is 678. The SMILES string of the molecule is CC(C)(C)c1ccc(C(=O)N2CCC(c3ccccn3)CC2)cc1. The van der Waals surface area contributed by atoms with E-state index in [4.69, 9.17) is 0 Å². The highest BCUT2D eigenvalue weighted by atomic mass is 16.2. The van der Waals surface area contributed by atoms with Gasteiger partial charge in [-0.05, 0) is 48.1 Å². The third-order valence-electron chi connectivity index (χ3n) is 4.89. The van der Waals surface area contributed by atoms with E-state index < -0.39 is 0 Å². The predicted octanol–water partition coefficient (Wildman–Crippen LogP) is 4.40. The summed E-state index contributed by atoms with van der Waals surface area (Å²) in [6.45, 7) is 8.17. The van der Waals surface area contributed by atoms with E-state index in [2.05, 4.69) is 44.0 Å². The van der Waals surface area contributed by atoms with E-state index in [1.165, 1.54) is 5.56 Å². The van der Waals surface area contributed by atoms with Crippen LogP contribution in [0.2, 0.25) is 0 Å². The van der Waals surface area contributed by atoms with E-state index >= 15 is 0 Å². The molecule has 0 atom stereocenters. The molecule has 0 unspecified atom stereocenters. The van der Waals surface area contributed by atoms with E-state index in [0.717, 1.165) is 37.2 Å². The monoisotopic (exact) mass is 322 g/mol. The molecule has 1 aromatic carbocycles. The van der Waals surface area contributed by atoms with Crippen LogP contribution in [0.3, 0.4) is 0 Å². The molecule has 0 bridgehead atoms. The second-order valence-corrected chi connectivity index (χ2v) is 7.65. The molecule has 0 saturated carbocycles. The summed E-state index contributed by atoms with van der Waals surface area (Å²) in [7, 11) is 0. The molecule has 0 spiro atoms. The van der Waals surface area contributed by atoms with Gasteiger partial charge in [-0.1, -0.05) is 39.0 Å². The van der Waals surface area contributed by atoms with Crippen LogP contribution in [0.25, 0.3) is 0 Å². The summed E-state index contributed by atoms with van der Waals surface area (Å²) in [6.07, 6.45) is 3.83. The first-order valence-electron chi connectivity index (χ1n) is 8.76. The fraction of sp³-hybridized carbons (Fsp3) is 0.429. The number of carbonyl (C=O) groups excluding carboxylic acids is 1. The number of rotatable bonds is 2. The fourth-order valence-corrected chi connectivity index (χ4v) is 3.29. The van der Waals surface area contributed by atoms with Gasteiger partial charge in [-0.15, -0.1) is 0 Å². The van der Waals surface area contributed by atoms with Crippen LogP contribution in [0, 0.1) is 0 Å². The first-order chi connectivity index (χ1) is 11.4. The highest BCUT2D eigenvalue weighted by molar-refractivity contribution is 5.94. The normalized spacial score (nSPS) is 16.2. The summed E-state index contributed by atoms with van der Waals surface area (Å²) in [6, 6.07) is 14.2. The summed E-state index contributed by atoms with van der Waals surface area (Å²) in [5.74, 6) is 0.619. The Hall–Kier alpha value is -2.16. The van der Waals surface area contributed by atoms with Crippen molar-refractivity contribution in [1.82, 2.24) is 9.88 Å². The molecule has 126 valence electrons. The van der Waals surface area contributed by atoms with Crippen molar-refractivity contribution < 1.29 is 4.79 Å². The van der Waals surface area contributed by atoms with Crippen molar-refractivity contribution >= 4 is 5.91 Å². The van der Waals surface area contributed by atoms with E-state index in [9.17, 15) is 4.79 Å². The summed E-state index contributed by atoms with van der Waals surface area (Å²) in [5.41, 5.74) is 3.31. The van der Waals surface area contributed by atoms with E-state index in [-0.39, 0.29) is 11.3 Å². The molecule has 3 heteroatoms. The van der Waals surface area contributed by atoms with Gasteiger partial charge in [-0.2, -0.15) is 0 Å². The number of hydrogen-bond donors (Lipinski definition) is 0. The third-order valence-corrected chi connectivity index (χ3v) is 4.89. The van der Waals surface area contributed by atoms with Crippen molar-refractivity contribution in [3.05, 3.63) is 65.5 Å². The van der Waals surface area contributed by atoms with Crippen molar-refractivity contribution in [3.8, 4) is 0 Å². The smallest absolute Gasteiger partial charge is 0.253 e. The van der Waals surface area contributed by atoms with Gasteiger partial charge in [-0.25, -0.2) is 0 Å². The maximum absolute atomic E-state index is 12.7. The number of pyridine rings is 1. The largest absolute Gasteiger partial charge is 0.339 e. The van der Waals surface area contributed by atoms with Gasteiger partial charge < -0.3 is 4.90 Å². The van der Waals surface area contributed by atoms with Crippen LogP contribution in [0.1, 0.15) is 61.1 Å². The van der Waals surface area contributed by atoms with Gasteiger partial charge in [0.1, 0.15) is 0 Å². The molecule has 3 nitrogen and oxygen atoms in total. The Kier molecular flexibility index (Phi) is 4.70. The molecule has 0 radical (unpaired) electrons. The molecule has 1 aromatic heterocycles. The zero-order valence-corrected chi connectivity index (χ0v) is 14.8. The van der Waals surface area contributed by atoms with Crippen molar-refractivity contribution in [3.63, 3.8) is 0 Å². The van der Waals surface area contributed by atoms with Crippen LogP contribution in [0.4, 0.5) is 0 Å². The molecule has 2 heterocycles. The van der Waals surface area contributed by atoms with Crippen LogP contribution in [0.15, 0.2) is 48.7 Å². The second kappa shape index (κ2) is 6.76. The predicted molar refractivity (Wildman–Crippen MR) is 97.3 cm³/mol. The number of carbonyl (C=O) groups is 1. The topological polar surface area (TPSA) is 33.2 Å². The molecule has 3 rings (SSSR count). The van der Waals surface area contributed by atoms with E-state index in [1.54, 1.807) is 0 Å². The van der Waals surface area contributed by atoms with Crippen LogP contribution in [0.5, 0.6) is 0 Å². The molecule has 0 N–H and O–H groups in total. The van der Waals surface area contributed by atoms with Gasteiger partial charge >= 0.3 is 0 Å². The molecule has 0 aliphatic carbocycles. The quantitative estimate of drug-likeness (QED) is 0.821. The number of piperidine rings is 1. The Morgan fingerprint density at radius 2 is 1.71 bits per heavy atom. The second-order valence-electron chi connectivity index (χ2n) is 7.65. The highest BCUT2D eigenvalue weighted by Crippen LogP contribution is 2.27. The van der Waals surface area contributed by atoms with Gasteiger partial charge in [0.25, 0.3) is 5.91 Å². The number of benzene rings is 1. The molecule has 24 heavy (non-hydrogen) atoms. The maximum Gasteiger partial charge on any atom is 0.253 e. The van der Waals surface area contributed by atoms with Crippen molar-refractivity contribution in [1.29, 1.82) is 0 Å². The first-order valence-corrected chi connectivity index (χ1v) is 8.76. The molecule has 1 amide bonds. The Morgan fingerprint density at radius 3 is 2.25 bits per heavy atom.